The summed E-state index contributed by atoms with van der Waals surface area (Å²) in [5, 5.41) is 5.99. The van der Waals surface area contributed by atoms with Crippen LogP contribution in [0, 0.1) is 11.6 Å². The van der Waals surface area contributed by atoms with Gasteiger partial charge in [0.2, 0.25) is 5.95 Å². The van der Waals surface area contributed by atoms with Crippen LogP contribution in [-0.2, 0) is 4.74 Å². The van der Waals surface area contributed by atoms with Crippen molar-refractivity contribution in [2.45, 2.75) is 0 Å². The standard InChI is InChI=1S/C18H13ClF2N4O2/c1-27-17(26)10-2-4-12(19)15(8-10)23-16-6-7-22-18(25-16)24-14-5-3-11(20)9-13(14)21/h2-9H,1H3,(H2,22,23,24,25). The van der Waals surface area contributed by atoms with Crippen LogP contribution in [-0.4, -0.2) is 23.0 Å². The highest BCUT2D eigenvalue weighted by atomic mass is 35.5. The number of halogens is 3. The fourth-order valence-electron chi connectivity index (χ4n) is 2.20. The van der Waals surface area contributed by atoms with E-state index in [-0.39, 0.29) is 11.6 Å². The molecule has 6 nitrogen and oxygen atoms in total. The molecule has 27 heavy (non-hydrogen) atoms. The number of nitrogens with one attached hydrogen (secondary N) is 2. The molecule has 0 atom stereocenters. The number of anilines is 4. The Labute approximate surface area is 158 Å². The van der Waals surface area contributed by atoms with Gasteiger partial charge in [-0.15, -0.1) is 0 Å². The Balaban J connectivity index is 1.83. The monoisotopic (exact) mass is 390 g/mol. The molecule has 0 saturated heterocycles. The lowest BCUT2D eigenvalue weighted by Gasteiger charge is -2.11. The van der Waals surface area contributed by atoms with Gasteiger partial charge >= 0.3 is 5.97 Å². The highest BCUT2D eigenvalue weighted by molar-refractivity contribution is 6.33. The number of nitrogens with zero attached hydrogens (tertiary/aromatic N) is 2. The van der Waals surface area contributed by atoms with Crippen LogP contribution in [0.5, 0.6) is 0 Å². The van der Waals surface area contributed by atoms with Crippen molar-refractivity contribution in [3.05, 3.63) is 70.9 Å². The van der Waals surface area contributed by atoms with E-state index in [0.29, 0.717) is 22.1 Å². The molecule has 0 fully saturated rings. The second-order valence-electron chi connectivity index (χ2n) is 5.33. The Morgan fingerprint density at radius 1 is 1.07 bits per heavy atom. The van der Waals surface area contributed by atoms with E-state index in [1.807, 2.05) is 0 Å². The summed E-state index contributed by atoms with van der Waals surface area (Å²) in [4.78, 5) is 19.8. The van der Waals surface area contributed by atoms with Crippen LogP contribution >= 0.6 is 11.6 Å². The molecule has 0 bridgehead atoms. The predicted molar refractivity (Wildman–Crippen MR) is 97.7 cm³/mol. The van der Waals surface area contributed by atoms with Crippen molar-refractivity contribution in [2.75, 3.05) is 17.7 Å². The van der Waals surface area contributed by atoms with Gasteiger partial charge in [-0.05, 0) is 36.4 Å². The number of carbonyl (C=O) groups excluding carboxylic acids is 1. The fourth-order valence-corrected chi connectivity index (χ4v) is 2.37. The lowest BCUT2D eigenvalue weighted by molar-refractivity contribution is 0.0601. The first-order valence-electron chi connectivity index (χ1n) is 7.66. The summed E-state index contributed by atoms with van der Waals surface area (Å²) in [6.45, 7) is 0. The molecule has 0 radical (unpaired) electrons. The number of carbonyl (C=O) groups is 1. The summed E-state index contributed by atoms with van der Waals surface area (Å²) in [6.07, 6.45) is 1.44. The summed E-state index contributed by atoms with van der Waals surface area (Å²) < 4.78 is 31.4. The van der Waals surface area contributed by atoms with E-state index >= 15 is 0 Å². The number of benzene rings is 2. The van der Waals surface area contributed by atoms with E-state index in [0.717, 1.165) is 12.1 Å². The summed E-state index contributed by atoms with van der Waals surface area (Å²) >= 11 is 6.14. The van der Waals surface area contributed by atoms with Crippen LogP contribution in [0.4, 0.5) is 31.9 Å². The first kappa shape index (κ1) is 18.5. The molecule has 3 aromatic rings. The molecule has 1 aromatic heterocycles. The molecule has 0 aliphatic heterocycles. The molecular weight excluding hydrogens is 378 g/mol. The number of hydrogen-bond acceptors (Lipinski definition) is 6. The Morgan fingerprint density at radius 3 is 2.63 bits per heavy atom. The third-order valence-corrected chi connectivity index (χ3v) is 3.81. The third kappa shape index (κ3) is 4.48. The van der Waals surface area contributed by atoms with Gasteiger partial charge in [0.1, 0.15) is 17.5 Å². The largest absolute Gasteiger partial charge is 0.465 e. The zero-order chi connectivity index (χ0) is 19.4. The molecule has 1 heterocycles. The number of methoxy groups -OCH3 is 1. The lowest BCUT2D eigenvalue weighted by Crippen LogP contribution is -2.04. The summed E-state index contributed by atoms with van der Waals surface area (Å²) in [6, 6.07) is 9.27. The first-order valence-corrected chi connectivity index (χ1v) is 8.04. The summed E-state index contributed by atoms with van der Waals surface area (Å²) in [7, 11) is 1.28. The van der Waals surface area contributed by atoms with E-state index in [4.69, 9.17) is 11.6 Å². The molecule has 0 amide bonds. The summed E-state index contributed by atoms with van der Waals surface area (Å²) in [5.41, 5.74) is 0.765. The minimum Gasteiger partial charge on any atom is -0.465 e. The zero-order valence-corrected chi connectivity index (χ0v) is 14.7. The zero-order valence-electron chi connectivity index (χ0n) is 14.0. The van der Waals surface area contributed by atoms with Crippen molar-refractivity contribution in [3.63, 3.8) is 0 Å². The van der Waals surface area contributed by atoms with Crippen LogP contribution in [0.3, 0.4) is 0 Å². The third-order valence-electron chi connectivity index (χ3n) is 3.48. The maximum atomic E-state index is 13.8. The lowest BCUT2D eigenvalue weighted by atomic mass is 10.2. The molecule has 0 aliphatic carbocycles. The van der Waals surface area contributed by atoms with Crippen molar-refractivity contribution in [1.29, 1.82) is 0 Å². The Hall–Kier alpha value is -3.26. The fraction of sp³-hybridized carbons (Fsp3) is 0.0556. The smallest absolute Gasteiger partial charge is 0.337 e. The molecule has 2 aromatic carbocycles. The van der Waals surface area contributed by atoms with Crippen LogP contribution in [0.15, 0.2) is 48.7 Å². The molecular formula is C18H13ClF2N4O2. The number of hydrogen-bond donors (Lipinski definition) is 2. The van der Waals surface area contributed by atoms with Crippen molar-refractivity contribution >= 4 is 40.7 Å². The van der Waals surface area contributed by atoms with Gasteiger partial charge in [0, 0.05) is 12.3 Å². The Kier molecular flexibility index (Phi) is 5.46. The van der Waals surface area contributed by atoms with Gasteiger partial charge in [0.05, 0.1) is 29.1 Å². The second-order valence-corrected chi connectivity index (χ2v) is 5.73. The maximum absolute atomic E-state index is 13.8. The van der Waals surface area contributed by atoms with Gasteiger partial charge in [-0.3, -0.25) is 0 Å². The molecule has 138 valence electrons. The molecule has 3 rings (SSSR count). The van der Waals surface area contributed by atoms with Gasteiger partial charge in [0.25, 0.3) is 0 Å². The quantitative estimate of drug-likeness (QED) is 0.616. The van der Waals surface area contributed by atoms with Gasteiger partial charge in [0.15, 0.2) is 0 Å². The predicted octanol–water partition coefficient (Wildman–Crippen LogP) is 4.68. The van der Waals surface area contributed by atoms with Crippen molar-refractivity contribution in [2.24, 2.45) is 0 Å². The van der Waals surface area contributed by atoms with Crippen LogP contribution in [0.1, 0.15) is 10.4 Å². The normalized spacial score (nSPS) is 10.4. The molecule has 0 aliphatic rings. The van der Waals surface area contributed by atoms with E-state index in [9.17, 15) is 13.6 Å². The molecule has 0 saturated carbocycles. The van der Waals surface area contributed by atoms with Gasteiger partial charge < -0.3 is 15.4 Å². The van der Waals surface area contributed by atoms with Crippen molar-refractivity contribution < 1.29 is 18.3 Å². The Morgan fingerprint density at radius 2 is 1.89 bits per heavy atom. The van der Waals surface area contributed by atoms with Crippen LogP contribution in [0.2, 0.25) is 5.02 Å². The van der Waals surface area contributed by atoms with Crippen LogP contribution < -0.4 is 10.6 Å². The van der Waals surface area contributed by atoms with Gasteiger partial charge in [-0.25, -0.2) is 18.6 Å². The number of ether oxygens (including phenoxy) is 1. The Bertz CT molecular complexity index is 1000. The van der Waals surface area contributed by atoms with Gasteiger partial charge in [-0.1, -0.05) is 11.6 Å². The van der Waals surface area contributed by atoms with Gasteiger partial charge in [-0.2, -0.15) is 4.98 Å². The van der Waals surface area contributed by atoms with E-state index in [2.05, 4.69) is 25.3 Å². The van der Waals surface area contributed by atoms with E-state index in [1.165, 1.54) is 31.5 Å². The number of esters is 1. The topological polar surface area (TPSA) is 76.1 Å². The maximum Gasteiger partial charge on any atom is 0.337 e. The average molecular weight is 391 g/mol. The molecule has 0 unspecified atom stereocenters. The second kappa shape index (κ2) is 7.96. The first-order chi connectivity index (χ1) is 13.0. The van der Waals surface area contributed by atoms with Crippen LogP contribution in [0.25, 0.3) is 0 Å². The average Bonchev–Trinajstić information content (AvgIpc) is 2.65. The summed E-state index contributed by atoms with van der Waals surface area (Å²) in [5.74, 6) is -1.53. The highest BCUT2D eigenvalue weighted by Crippen LogP contribution is 2.27. The number of aromatic nitrogens is 2. The van der Waals surface area contributed by atoms with Crippen molar-refractivity contribution in [3.8, 4) is 0 Å². The molecule has 2 N–H and O–H groups in total. The SMILES string of the molecule is COC(=O)c1ccc(Cl)c(Nc2ccnc(Nc3ccc(F)cc3F)n2)c1. The molecule has 9 heteroatoms. The van der Waals surface area contributed by atoms with E-state index < -0.39 is 17.6 Å². The highest BCUT2D eigenvalue weighted by Gasteiger charge is 2.11. The van der Waals surface area contributed by atoms with E-state index in [1.54, 1.807) is 12.1 Å². The minimum atomic E-state index is -0.772. The van der Waals surface area contributed by atoms with Crippen molar-refractivity contribution in [1.82, 2.24) is 9.97 Å². The minimum absolute atomic E-state index is 0.0271. The number of rotatable bonds is 5. The molecule has 0 spiro atoms.